The molecule has 7 heteroatoms. The van der Waals surface area contributed by atoms with Gasteiger partial charge in [0, 0.05) is 17.5 Å². The minimum atomic E-state index is -1.36. The van der Waals surface area contributed by atoms with Crippen LogP contribution in [0.15, 0.2) is 24.4 Å². The molecule has 0 amide bonds. The van der Waals surface area contributed by atoms with Crippen molar-refractivity contribution in [2.75, 3.05) is 7.11 Å². The van der Waals surface area contributed by atoms with E-state index >= 15 is 0 Å². The fraction of sp³-hybridized carbons (Fsp3) is 0.438. The van der Waals surface area contributed by atoms with E-state index in [9.17, 15) is 8.60 Å². The van der Waals surface area contributed by atoms with Crippen LogP contribution in [-0.2, 0) is 11.0 Å². The molecule has 0 aliphatic heterocycles. The number of methoxy groups -OCH3 is 1. The second-order valence-corrected chi connectivity index (χ2v) is 8.27. The van der Waals surface area contributed by atoms with Gasteiger partial charge in [-0.05, 0) is 45.9 Å². The quantitative estimate of drug-likeness (QED) is 0.880. The van der Waals surface area contributed by atoms with Crippen molar-refractivity contribution in [2.24, 2.45) is 0 Å². The van der Waals surface area contributed by atoms with Gasteiger partial charge in [0.2, 0.25) is 0 Å². The molecule has 1 aromatic heterocycles. The Morgan fingerprint density at radius 1 is 1.39 bits per heavy atom. The average Bonchev–Trinajstić information content (AvgIpc) is 2.89. The van der Waals surface area contributed by atoms with E-state index in [-0.39, 0.29) is 0 Å². The Balaban J connectivity index is 2.50. The lowest BCUT2D eigenvalue weighted by Crippen LogP contribution is -2.36. The molecule has 2 atom stereocenters. The number of rotatable bonds is 5. The number of benzene rings is 1. The molecular formula is C16H22FN3O2S. The van der Waals surface area contributed by atoms with Gasteiger partial charge in [0.05, 0.1) is 22.8 Å². The van der Waals surface area contributed by atoms with Crippen LogP contribution in [0.3, 0.4) is 0 Å². The van der Waals surface area contributed by atoms with Gasteiger partial charge >= 0.3 is 0 Å². The highest BCUT2D eigenvalue weighted by Crippen LogP contribution is 2.30. The highest BCUT2D eigenvalue weighted by atomic mass is 32.2. The normalized spacial score (nSPS) is 14.5. The second kappa shape index (κ2) is 6.80. The molecule has 0 saturated heterocycles. The summed E-state index contributed by atoms with van der Waals surface area (Å²) >= 11 is 0. The van der Waals surface area contributed by atoms with Crippen LogP contribution in [0.5, 0.6) is 5.75 Å². The van der Waals surface area contributed by atoms with Crippen LogP contribution in [0.4, 0.5) is 4.39 Å². The minimum absolute atomic E-state index is 0.391. The Hall–Kier alpha value is -1.73. The van der Waals surface area contributed by atoms with Crippen LogP contribution >= 0.6 is 0 Å². The maximum atomic E-state index is 13.7. The van der Waals surface area contributed by atoms with E-state index in [1.54, 1.807) is 12.3 Å². The minimum Gasteiger partial charge on any atom is -0.496 e. The molecule has 2 unspecified atom stereocenters. The van der Waals surface area contributed by atoms with E-state index in [1.807, 2.05) is 27.7 Å². The number of nitrogens with zero attached hydrogens (tertiary/aromatic N) is 1. The van der Waals surface area contributed by atoms with E-state index in [2.05, 4.69) is 14.7 Å². The first-order valence-corrected chi connectivity index (χ1v) is 8.40. The first-order chi connectivity index (χ1) is 10.7. The van der Waals surface area contributed by atoms with Crippen molar-refractivity contribution in [3.63, 3.8) is 0 Å². The molecule has 23 heavy (non-hydrogen) atoms. The third-order valence-electron chi connectivity index (χ3n) is 3.28. The summed E-state index contributed by atoms with van der Waals surface area (Å²) < 4.78 is 34.2. The molecular weight excluding hydrogens is 317 g/mol. The molecule has 2 aromatic rings. The van der Waals surface area contributed by atoms with Crippen molar-refractivity contribution in [1.82, 2.24) is 14.7 Å². The number of hydrogen-bond donors (Lipinski definition) is 2. The summed E-state index contributed by atoms with van der Waals surface area (Å²) in [6.45, 7) is 7.47. The lowest BCUT2D eigenvalue weighted by molar-refractivity contribution is 0.404. The molecule has 1 heterocycles. The third-order valence-corrected chi connectivity index (χ3v) is 4.84. The van der Waals surface area contributed by atoms with Crippen molar-refractivity contribution in [3.8, 4) is 5.75 Å². The predicted molar refractivity (Wildman–Crippen MR) is 89.2 cm³/mol. The topological polar surface area (TPSA) is 67.0 Å². The maximum absolute atomic E-state index is 13.7. The molecule has 2 N–H and O–H groups in total. The van der Waals surface area contributed by atoms with Gasteiger partial charge in [0.1, 0.15) is 23.4 Å². The number of aryl methyl sites for hydroxylation is 1. The summed E-state index contributed by atoms with van der Waals surface area (Å²) in [4.78, 5) is 7.42. The molecule has 0 bridgehead atoms. The monoisotopic (exact) mass is 339 g/mol. The van der Waals surface area contributed by atoms with Gasteiger partial charge in [0.15, 0.2) is 0 Å². The fourth-order valence-corrected chi connectivity index (χ4v) is 2.87. The van der Waals surface area contributed by atoms with E-state index in [0.29, 0.717) is 17.1 Å². The molecule has 0 saturated carbocycles. The summed E-state index contributed by atoms with van der Waals surface area (Å²) in [6.07, 6.45) is 1.68. The van der Waals surface area contributed by atoms with Crippen molar-refractivity contribution < 1.29 is 13.3 Å². The number of imidazole rings is 1. The Morgan fingerprint density at radius 2 is 2.09 bits per heavy atom. The van der Waals surface area contributed by atoms with Gasteiger partial charge in [0.25, 0.3) is 0 Å². The van der Waals surface area contributed by atoms with Crippen molar-refractivity contribution in [3.05, 3.63) is 47.3 Å². The number of nitrogens with one attached hydrogen (secondary N) is 2. The highest BCUT2D eigenvalue weighted by Gasteiger charge is 2.28. The number of H-pyrrole nitrogens is 1. The molecule has 5 nitrogen and oxygen atoms in total. The maximum Gasteiger partial charge on any atom is 0.129 e. The SMILES string of the molecule is COc1ccc(F)cc1C(NS(=O)C(C)(C)C)c1ncc(C)[nH]1. The summed E-state index contributed by atoms with van der Waals surface area (Å²) in [5, 5.41) is 0. The number of hydrogen-bond acceptors (Lipinski definition) is 3. The van der Waals surface area contributed by atoms with Crippen LogP contribution in [0.1, 0.15) is 43.9 Å². The summed E-state index contributed by atoms with van der Waals surface area (Å²) in [5.41, 5.74) is 1.41. The molecule has 126 valence electrons. The molecule has 0 fully saturated rings. The first kappa shape index (κ1) is 17.6. The van der Waals surface area contributed by atoms with Crippen molar-refractivity contribution in [1.29, 1.82) is 0 Å². The van der Waals surface area contributed by atoms with Crippen LogP contribution < -0.4 is 9.46 Å². The average molecular weight is 339 g/mol. The third kappa shape index (κ3) is 4.17. The summed E-state index contributed by atoms with van der Waals surface area (Å²) in [5.74, 6) is 0.672. The lowest BCUT2D eigenvalue weighted by atomic mass is 10.1. The zero-order valence-electron chi connectivity index (χ0n) is 13.9. The number of halogens is 1. The molecule has 0 aliphatic carbocycles. The molecule has 1 aromatic carbocycles. The predicted octanol–water partition coefficient (Wildman–Crippen LogP) is 3.01. The molecule has 0 aliphatic rings. The highest BCUT2D eigenvalue weighted by molar-refractivity contribution is 7.84. The molecule has 0 radical (unpaired) electrons. The Labute approximate surface area is 138 Å². The van der Waals surface area contributed by atoms with Gasteiger partial charge in [-0.25, -0.2) is 18.3 Å². The Morgan fingerprint density at radius 3 is 2.61 bits per heavy atom. The van der Waals surface area contributed by atoms with Crippen molar-refractivity contribution >= 4 is 11.0 Å². The van der Waals surface area contributed by atoms with Crippen LogP contribution in [0.2, 0.25) is 0 Å². The standard InChI is InChI=1S/C16H22FN3O2S/c1-10-9-18-15(19-10)14(20-23(21)16(2,3)4)12-8-11(17)6-7-13(12)22-5/h6-9,14,20H,1-5H3,(H,18,19). The summed E-state index contributed by atoms with van der Waals surface area (Å²) in [7, 11) is 0.152. The van der Waals surface area contributed by atoms with Crippen LogP contribution in [0, 0.1) is 12.7 Å². The van der Waals surface area contributed by atoms with Crippen LogP contribution in [0.25, 0.3) is 0 Å². The first-order valence-electron chi connectivity index (χ1n) is 7.25. The zero-order valence-corrected chi connectivity index (χ0v) is 14.8. The fourth-order valence-electron chi connectivity index (χ4n) is 2.06. The van der Waals surface area contributed by atoms with E-state index in [0.717, 1.165) is 5.69 Å². The number of ether oxygens (including phenoxy) is 1. The van der Waals surface area contributed by atoms with Gasteiger partial charge < -0.3 is 9.72 Å². The molecule has 2 rings (SSSR count). The van der Waals surface area contributed by atoms with Gasteiger partial charge in [-0.1, -0.05) is 0 Å². The van der Waals surface area contributed by atoms with Gasteiger partial charge in [-0.2, -0.15) is 0 Å². The number of aromatic nitrogens is 2. The molecule has 0 spiro atoms. The smallest absolute Gasteiger partial charge is 0.129 e. The van der Waals surface area contributed by atoms with Crippen LogP contribution in [-0.4, -0.2) is 26.0 Å². The van der Waals surface area contributed by atoms with Gasteiger partial charge in [-0.3, -0.25) is 0 Å². The number of aromatic amines is 1. The van der Waals surface area contributed by atoms with E-state index in [4.69, 9.17) is 4.74 Å². The lowest BCUT2D eigenvalue weighted by Gasteiger charge is -2.24. The van der Waals surface area contributed by atoms with E-state index in [1.165, 1.54) is 19.2 Å². The van der Waals surface area contributed by atoms with E-state index < -0.39 is 27.6 Å². The van der Waals surface area contributed by atoms with Gasteiger partial charge in [-0.15, -0.1) is 0 Å². The second-order valence-electron chi connectivity index (χ2n) is 6.27. The van der Waals surface area contributed by atoms with Crippen molar-refractivity contribution in [2.45, 2.75) is 38.5 Å². The largest absolute Gasteiger partial charge is 0.496 e. The zero-order chi connectivity index (χ0) is 17.2. The Kier molecular flexibility index (Phi) is 5.21. The Bertz CT molecular complexity index is 710. The summed E-state index contributed by atoms with van der Waals surface area (Å²) in [6, 6.07) is 3.67.